The van der Waals surface area contributed by atoms with Gasteiger partial charge in [0.1, 0.15) is 5.82 Å². The number of rotatable bonds is 4. The van der Waals surface area contributed by atoms with Crippen molar-refractivity contribution < 1.29 is 4.79 Å². The lowest BCUT2D eigenvalue weighted by atomic mass is 10.2. The van der Waals surface area contributed by atoms with Gasteiger partial charge in [0.2, 0.25) is 5.91 Å². The average Bonchev–Trinajstić information content (AvgIpc) is 2.59. The summed E-state index contributed by atoms with van der Waals surface area (Å²) in [5.41, 5.74) is 1.78. The molecule has 1 N–H and O–H groups in total. The number of piperazine rings is 1. The van der Waals surface area contributed by atoms with E-state index in [1.54, 1.807) is 6.07 Å². The van der Waals surface area contributed by atoms with Crippen molar-refractivity contribution in [2.45, 2.75) is 6.92 Å². The van der Waals surface area contributed by atoms with E-state index in [-0.39, 0.29) is 5.91 Å². The third-order valence-corrected chi connectivity index (χ3v) is 4.42. The van der Waals surface area contributed by atoms with Crippen LogP contribution in [0.5, 0.6) is 0 Å². The number of hydrogen-bond donors (Lipinski definition) is 1. The second-order valence-corrected chi connectivity index (χ2v) is 6.39. The Morgan fingerprint density at radius 2 is 2.00 bits per heavy atom. The third-order valence-electron chi connectivity index (χ3n) is 4.19. The van der Waals surface area contributed by atoms with Gasteiger partial charge < -0.3 is 10.2 Å². The van der Waals surface area contributed by atoms with Gasteiger partial charge in [-0.1, -0.05) is 23.7 Å². The zero-order chi connectivity index (χ0) is 16.9. The van der Waals surface area contributed by atoms with Gasteiger partial charge in [0, 0.05) is 43.1 Å². The fraction of sp³-hybridized carbons (Fsp3) is 0.333. The number of carbonyl (C=O) groups excluding carboxylic acids is 1. The van der Waals surface area contributed by atoms with Gasteiger partial charge in [0.15, 0.2) is 0 Å². The van der Waals surface area contributed by atoms with Crippen molar-refractivity contribution in [3.05, 3.63) is 53.2 Å². The van der Waals surface area contributed by atoms with Crippen LogP contribution < -0.4 is 10.2 Å². The van der Waals surface area contributed by atoms with E-state index in [1.807, 2.05) is 43.5 Å². The number of amides is 1. The summed E-state index contributed by atoms with van der Waals surface area (Å²) in [6.45, 7) is 5.79. The predicted octanol–water partition coefficient (Wildman–Crippen LogP) is 2.80. The first-order valence-corrected chi connectivity index (χ1v) is 8.44. The van der Waals surface area contributed by atoms with Gasteiger partial charge in [-0.25, -0.2) is 4.98 Å². The summed E-state index contributed by atoms with van der Waals surface area (Å²) in [4.78, 5) is 21.1. The summed E-state index contributed by atoms with van der Waals surface area (Å²) >= 11 is 5.99. The highest BCUT2D eigenvalue weighted by Gasteiger charge is 2.19. The highest BCUT2D eigenvalue weighted by atomic mass is 35.5. The van der Waals surface area contributed by atoms with E-state index in [1.165, 1.54) is 0 Å². The molecule has 6 heteroatoms. The number of anilines is 2. The van der Waals surface area contributed by atoms with Crippen molar-refractivity contribution in [3.8, 4) is 0 Å². The fourth-order valence-electron chi connectivity index (χ4n) is 2.80. The van der Waals surface area contributed by atoms with E-state index in [0.717, 1.165) is 43.2 Å². The number of aryl methyl sites for hydroxylation is 1. The Hall–Kier alpha value is -2.11. The van der Waals surface area contributed by atoms with Crippen molar-refractivity contribution in [3.63, 3.8) is 0 Å². The zero-order valence-electron chi connectivity index (χ0n) is 13.7. The van der Waals surface area contributed by atoms with Crippen LogP contribution in [0.2, 0.25) is 5.02 Å². The standard InChI is InChI=1S/C18H21ClN4O/c1-14-5-6-15(19)12-16(14)21-18(24)13-22-8-10-23(11-9-22)17-4-2-3-7-20-17/h2-7,12H,8-11,13H2,1H3,(H,21,24). The second kappa shape index (κ2) is 7.64. The van der Waals surface area contributed by atoms with Crippen LogP contribution >= 0.6 is 11.6 Å². The molecule has 1 aliphatic heterocycles. The van der Waals surface area contributed by atoms with Crippen LogP contribution in [0.4, 0.5) is 11.5 Å². The number of nitrogens with zero attached hydrogens (tertiary/aromatic N) is 3. The number of hydrogen-bond acceptors (Lipinski definition) is 4. The first kappa shape index (κ1) is 16.7. The average molecular weight is 345 g/mol. The van der Waals surface area contributed by atoms with Crippen LogP contribution in [-0.4, -0.2) is 48.5 Å². The summed E-state index contributed by atoms with van der Waals surface area (Å²) in [7, 11) is 0. The lowest BCUT2D eigenvalue weighted by Crippen LogP contribution is -2.48. The molecule has 0 unspecified atom stereocenters. The highest BCUT2D eigenvalue weighted by Crippen LogP contribution is 2.20. The number of benzene rings is 1. The molecule has 5 nitrogen and oxygen atoms in total. The van der Waals surface area contributed by atoms with Gasteiger partial charge in [0.05, 0.1) is 6.54 Å². The molecule has 1 fully saturated rings. The van der Waals surface area contributed by atoms with Crippen LogP contribution in [0.1, 0.15) is 5.56 Å². The van der Waals surface area contributed by atoms with Crippen molar-refractivity contribution >= 4 is 29.0 Å². The van der Waals surface area contributed by atoms with Crippen molar-refractivity contribution in [2.24, 2.45) is 0 Å². The van der Waals surface area contributed by atoms with E-state index in [4.69, 9.17) is 11.6 Å². The molecule has 2 heterocycles. The minimum atomic E-state index is -0.00773. The number of nitrogens with one attached hydrogen (secondary N) is 1. The molecular weight excluding hydrogens is 324 g/mol. The normalized spacial score (nSPS) is 15.3. The van der Waals surface area contributed by atoms with Crippen LogP contribution in [-0.2, 0) is 4.79 Å². The minimum Gasteiger partial charge on any atom is -0.354 e. The molecule has 3 rings (SSSR count). The van der Waals surface area contributed by atoms with Crippen molar-refractivity contribution in [2.75, 3.05) is 42.9 Å². The molecule has 2 aromatic rings. The molecular formula is C18H21ClN4O. The smallest absolute Gasteiger partial charge is 0.238 e. The van der Waals surface area contributed by atoms with E-state index < -0.39 is 0 Å². The Bertz CT molecular complexity index is 699. The van der Waals surface area contributed by atoms with Gasteiger partial charge in [-0.3, -0.25) is 9.69 Å². The molecule has 126 valence electrons. The van der Waals surface area contributed by atoms with Crippen molar-refractivity contribution in [1.82, 2.24) is 9.88 Å². The molecule has 1 amide bonds. The molecule has 0 saturated carbocycles. The third kappa shape index (κ3) is 4.24. The maximum atomic E-state index is 12.3. The summed E-state index contributed by atoms with van der Waals surface area (Å²) in [6.07, 6.45) is 1.81. The molecule has 0 atom stereocenters. The molecule has 0 radical (unpaired) electrons. The van der Waals surface area contributed by atoms with Crippen molar-refractivity contribution in [1.29, 1.82) is 0 Å². The number of aromatic nitrogens is 1. The molecule has 24 heavy (non-hydrogen) atoms. The van der Waals surface area contributed by atoms with Gasteiger partial charge in [-0.05, 0) is 36.8 Å². The molecule has 0 spiro atoms. The van der Waals surface area contributed by atoms with E-state index >= 15 is 0 Å². The molecule has 1 aromatic heterocycles. The van der Waals surface area contributed by atoms with E-state index in [0.29, 0.717) is 11.6 Å². The summed E-state index contributed by atoms with van der Waals surface area (Å²) < 4.78 is 0. The molecule has 0 bridgehead atoms. The van der Waals surface area contributed by atoms with Crippen LogP contribution in [0.3, 0.4) is 0 Å². The first-order valence-electron chi connectivity index (χ1n) is 8.06. The van der Waals surface area contributed by atoms with Crippen LogP contribution in [0.25, 0.3) is 0 Å². The summed E-state index contributed by atoms with van der Waals surface area (Å²) in [6, 6.07) is 11.4. The summed E-state index contributed by atoms with van der Waals surface area (Å²) in [5.74, 6) is 0.989. The van der Waals surface area contributed by atoms with Crippen LogP contribution in [0.15, 0.2) is 42.6 Å². The topological polar surface area (TPSA) is 48.5 Å². The first-order chi connectivity index (χ1) is 11.6. The SMILES string of the molecule is Cc1ccc(Cl)cc1NC(=O)CN1CCN(c2ccccn2)CC1. The quantitative estimate of drug-likeness (QED) is 0.926. The fourth-order valence-corrected chi connectivity index (χ4v) is 2.97. The summed E-state index contributed by atoms with van der Waals surface area (Å²) in [5, 5.41) is 3.58. The molecule has 1 aliphatic rings. The molecule has 1 saturated heterocycles. The Kier molecular flexibility index (Phi) is 5.33. The molecule has 1 aromatic carbocycles. The largest absolute Gasteiger partial charge is 0.354 e. The maximum absolute atomic E-state index is 12.3. The monoisotopic (exact) mass is 344 g/mol. The number of pyridine rings is 1. The highest BCUT2D eigenvalue weighted by molar-refractivity contribution is 6.31. The zero-order valence-corrected chi connectivity index (χ0v) is 14.5. The van der Waals surface area contributed by atoms with E-state index in [2.05, 4.69) is 20.1 Å². The maximum Gasteiger partial charge on any atom is 0.238 e. The van der Waals surface area contributed by atoms with Gasteiger partial charge in [-0.2, -0.15) is 0 Å². The Morgan fingerprint density at radius 1 is 1.21 bits per heavy atom. The number of carbonyl (C=O) groups is 1. The lowest BCUT2D eigenvalue weighted by Gasteiger charge is -2.34. The molecule has 0 aliphatic carbocycles. The Morgan fingerprint density at radius 3 is 2.71 bits per heavy atom. The van der Waals surface area contributed by atoms with Gasteiger partial charge in [-0.15, -0.1) is 0 Å². The lowest BCUT2D eigenvalue weighted by molar-refractivity contribution is -0.117. The Balaban J connectivity index is 1.51. The van der Waals surface area contributed by atoms with E-state index in [9.17, 15) is 4.79 Å². The predicted molar refractivity (Wildman–Crippen MR) is 97.7 cm³/mol. The van der Waals surface area contributed by atoms with Gasteiger partial charge >= 0.3 is 0 Å². The minimum absolute atomic E-state index is 0.00773. The second-order valence-electron chi connectivity index (χ2n) is 5.96. The van der Waals surface area contributed by atoms with Gasteiger partial charge in [0.25, 0.3) is 0 Å². The Labute approximate surface area is 147 Å². The van der Waals surface area contributed by atoms with Crippen LogP contribution in [0, 0.1) is 6.92 Å². The number of halogens is 1.